The second kappa shape index (κ2) is 5.31. The second-order valence-electron chi connectivity index (χ2n) is 3.11. The van der Waals surface area contributed by atoms with Gasteiger partial charge in [0.25, 0.3) is 0 Å². The van der Waals surface area contributed by atoms with E-state index in [2.05, 4.69) is 30.1 Å². The summed E-state index contributed by atoms with van der Waals surface area (Å²) in [5.41, 5.74) is 8.76. The number of hydrogen-bond acceptors (Lipinski definition) is 2. The molecule has 0 aliphatic heterocycles. The van der Waals surface area contributed by atoms with E-state index in [1.165, 1.54) is 5.56 Å². The van der Waals surface area contributed by atoms with E-state index in [0.29, 0.717) is 6.54 Å². The van der Waals surface area contributed by atoms with E-state index in [0.717, 1.165) is 17.7 Å². The molecule has 14 heavy (non-hydrogen) atoms. The Morgan fingerprint density at radius 2 is 2.21 bits per heavy atom. The summed E-state index contributed by atoms with van der Waals surface area (Å²) in [7, 11) is 1.88. The quantitative estimate of drug-likeness (QED) is 0.544. The standard InChI is InChI=1S/C12H16N2/c1-3-10-6-7-12(13)11(9-10)5-4-8-14-2/h6-7,9,14H,3,8,13H2,1-2H3. The molecule has 3 N–H and O–H groups in total. The molecule has 0 saturated heterocycles. The van der Waals surface area contributed by atoms with Crippen molar-refractivity contribution < 1.29 is 0 Å². The highest BCUT2D eigenvalue weighted by Gasteiger charge is 1.96. The van der Waals surface area contributed by atoms with Crippen LogP contribution in [0.3, 0.4) is 0 Å². The van der Waals surface area contributed by atoms with Crippen LogP contribution in [-0.2, 0) is 6.42 Å². The van der Waals surface area contributed by atoms with E-state index >= 15 is 0 Å². The minimum absolute atomic E-state index is 0.690. The average molecular weight is 188 g/mol. The fourth-order valence-corrected chi connectivity index (χ4v) is 1.16. The molecule has 0 aromatic heterocycles. The van der Waals surface area contributed by atoms with Gasteiger partial charge in [-0.05, 0) is 31.2 Å². The first-order valence-corrected chi connectivity index (χ1v) is 4.79. The maximum Gasteiger partial charge on any atom is 0.0577 e. The molecule has 2 nitrogen and oxygen atoms in total. The van der Waals surface area contributed by atoms with Crippen LogP contribution in [0.1, 0.15) is 18.1 Å². The zero-order valence-electron chi connectivity index (χ0n) is 8.72. The van der Waals surface area contributed by atoms with Gasteiger partial charge in [0.05, 0.1) is 6.54 Å². The molecule has 0 atom stereocenters. The smallest absolute Gasteiger partial charge is 0.0577 e. The topological polar surface area (TPSA) is 38.0 Å². The third kappa shape index (κ3) is 2.79. The fourth-order valence-electron chi connectivity index (χ4n) is 1.16. The predicted molar refractivity (Wildman–Crippen MR) is 61.0 cm³/mol. The summed E-state index contributed by atoms with van der Waals surface area (Å²) in [5.74, 6) is 6.05. The Morgan fingerprint density at radius 3 is 2.86 bits per heavy atom. The highest BCUT2D eigenvalue weighted by atomic mass is 14.8. The predicted octanol–water partition coefficient (Wildman–Crippen LogP) is 1.40. The van der Waals surface area contributed by atoms with Crippen LogP contribution in [0.5, 0.6) is 0 Å². The molecular formula is C12H16N2. The molecule has 1 aromatic carbocycles. The molecule has 0 radical (unpaired) electrons. The molecule has 0 unspecified atom stereocenters. The van der Waals surface area contributed by atoms with Crippen molar-refractivity contribution in [1.29, 1.82) is 0 Å². The number of nitrogen functional groups attached to an aromatic ring is 1. The number of nitrogens with two attached hydrogens (primary N) is 1. The van der Waals surface area contributed by atoms with Crippen LogP contribution < -0.4 is 11.1 Å². The average Bonchev–Trinajstić information content (AvgIpc) is 2.21. The lowest BCUT2D eigenvalue weighted by molar-refractivity contribution is 0.938. The van der Waals surface area contributed by atoms with Gasteiger partial charge in [-0.15, -0.1) is 0 Å². The highest BCUT2D eigenvalue weighted by molar-refractivity contribution is 5.57. The molecular weight excluding hydrogens is 172 g/mol. The van der Waals surface area contributed by atoms with Crippen LogP contribution in [0.2, 0.25) is 0 Å². The third-order valence-electron chi connectivity index (χ3n) is 2.01. The molecule has 0 bridgehead atoms. The summed E-state index contributed by atoms with van der Waals surface area (Å²) in [6, 6.07) is 6.01. The monoisotopic (exact) mass is 188 g/mol. The van der Waals surface area contributed by atoms with Gasteiger partial charge in [0.15, 0.2) is 0 Å². The minimum Gasteiger partial charge on any atom is -0.398 e. The van der Waals surface area contributed by atoms with E-state index in [9.17, 15) is 0 Å². The lowest BCUT2D eigenvalue weighted by atomic mass is 10.1. The molecule has 0 aliphatic carbocycles. The van der Waals surface area contributed by atoms with Crippen LogP contribution in [0.15, 0.2) is 18.2 Å². The van der Waals surface area contributed by atoms with Crippen molar-refractivity contribution in [3.63, 3.8) is 0 Å². The number of nitrogens with one attached hydrogen (secondary N) is 1. The largest absolute Gasteiger partial charge is 0.398 e. The zero-order valence-corrected chi connectivity index (χ0v) is 8.72. The minimum atomic E-state index is 0.690. The van der Waals surface area contributed by atoms with E-state index in [1.807, 2.05) is 19.2 Å². The molecule has 74 valence electrons. The fraction of sp³-hybridized carbons (Fsp3) is 0.333. The van der Waals surface area contributed by atoms with Gasteiger partial charge in [-0.3, -0.25) is 0 Å². The van der Waals surface area contributed by atoms with Gasteiger partial charge >= 0.3 is 0 Å². The highest BCUT2D eigenvalue weighted by Crippen LogP contribution is 2.13. The van der Waals surface area contributed by atoms with Crippen LogP contribution >= 0.6 is 0 Å². The van der Waals surface area contributed by atoms with Crippen LogP contribution in [0.25, 0.3) is 0 Å². The first kappa shape index (κ1) is 10.6. The molecule has 0 spiro atoms. The normalized spacial score (nSPS) is 9.29. The Kier molecular flexibility index (Phi) is 4.03. The Balaban J connectivity index is 2.91. The summed E-state index contributed by atoms with van der Waals surface area (Å²) < 4.78 is 0. The van der Waals surface area contributed by atoms with Crippen molar-refractivity contribution >= 4 is 5.69 Å². The van der Waals surface area contributed by atoms with Crippen molar-refractivity contribution in [2.45, 2.75) is 13.3 Å². The van der Waals surface area contributed by atoms with E-state index in [-0.39, 0.29) is 0 Å². The van der Waals surface area contributed by atoms with Crippen molar-refractivity contribution in [2.24, 2.45) is 0 Å². The maximum atomic E-state index is 5.80. The van der Waals surface area contributed by atoms with Gasteiger partial charge in [-0.2, -0.15) is 0 Å². The summed E-state index contributed by atoms with van der Waals surface area (Å²) in [6.45, 7) is 2.81. The van der Waals surface area contributed by atoms with Gasteiger partial charge in [0, 0.05) is 11.3 Å². The molecule has 1 rings (SSSR count). The molecule has 2 heteroatoms. The van der Waals surface area contributed by atoms with Gasteiger partial charge < -0.3 is 11.1 Å². The number of rotatable bonds is 2. The Bertz CT molecular complexity index is 358. The summed E-state index contributed by atoms with van der Waals surface area (Å²) in [5, 5.41) is 2.97. The Hall–Kier alpha value is -1.46. The van der Waals surface area contributed by atoms with E-state index in [1.54, 1.807) is 0 Å². The van der Waals surface area contributed by atoms with Crippen molar-refractivity contribution in [3.05, 3.63) is 29.3 Å². The Morgan fingerprint density at radius 1 is 1.43 bits per heavy atom. The van der Waals surface area contributed by atoms with Gasteiger partial charge in [-0.1, -0.05) is 24.8 Å². The van der Waals surface area contributed by atoms with E-state index in [4.69, 9.17) is 5.73 Å². The number of benzene rings is 1. The SMILES string of the molecule is CCc1ccc(N)c(C#CCNC)c1. The van der Waals surface area contributed by atoms with Gasteiger partial charge in [0.1, 0.15) is 0 Å². The first-order valence-electron chi connectivity index (χ1n) is 4.79. The van der Waals surface area contributed by atoms with Crippen LogP contribution in [-0.4, -0.2) is 13.6 Å². The van der Waals surface area contributed by atoms with Gasteiger partial charge in [0.2, 0.25) is 0 Å². The third-order valence-corrected chi connectivity index (χ3v) is 2.01. The first-order chi connectivity index (χ1) is 6.77. The number of aryl methyl sites for hydroxylation is 1. The zero-order chi connectivity index (χ0) is 10.4. The summed E-state index contributed by atoms with van der Waals surface area (Å²) >= 11 is 0. The number of hydrogen-bond donors (Lipinski definition) is 2. The molecule has 0 fully saturated rings. The van der Waals surface area contributed by atoms with Crippen molar-refractivity contribution in [2.75, 3.05) is 19.3 Å². The molecule has 0 saturated carbocycles. The lowest BCUT2D eigenvalue weighted by Crippen LogP contribution is -2.04. The lowest BCUT2D eigenvalue weighted by Gasteiger charge is -2.01. The summed E-state index contributed by atoms with van der Waals surface area (Å²) in [6.07, 6.45) is 1.01. The van der Waals surface area contributed by atoms with Gasteiger partial charge in [-0.25, -0.2) is 0 Å². The number of anilines is 1. The molecule has 0 amide bonds. The van der Waals surface area contributed by atoms with Crippen molar-refractivity contribution in [1.82, 2.24) is 5.32 Å². The molecule has 1 aromatic rings. The van der Waals surface area contributed by atoms with Crippen LogP contribution in [0.4, 0.5) is 5.69 Å². The maximum absolute atomic E-state index is 5.80. The van der Waals surface area contributed by atoms with E-state index < -0.39 is 0 Å². The summed E-state index contributed by atoms with van der Waals surface area (Å²) in [4.78, 5) is 0. The second-order valence-corrected chi connectivity index (χ2v) is 3.11. The van der Waals surface area contributed by atoms with Crippen molar-refractivity contribution in [3.8, 4) is 11.8 Å². The van der Waals surface area contributed by atoms with Crippen LogP contribution in [0, 0.1) is 11.8 Å². The molecule has 0 heterocycles. The molecule has 0 aliphatic rings. The Labute approximate surface area is 85.5 Å².